The van der Waals surface area contributed by atoms with E-state index in [1.807, 2.05) is 26.0 Å². The Bertz CT molecular complexity index is 464. The molecule has 0 unspecified atom stereocenters. The largest absolute Gasteiger partial charge is 0.491 e. The Morgan fingerprint density at radius 2 is 1.89 bits per heavy atom. The van der Waals surface area contributed by atoms with E-state index >= 15 is 0 Å². The van der Waals surface area contributed by atoms with Crippen LogP contribution in [0.25, 0.3) is 0 Å². The van der Waals surface area contributed by atoms with Crippen molar-refractivity contribution in [3.8, 4) is 5.75 Å². The lowest BCUT2D eigenvalue weighted by atomic mass is 9.92. The third-order valence-corrected chi connectivity index (χ3v) is 3.85. The molecule has 1 fully saturated rings. The molecule has 19 heavy (non-hydrogen) atoms. The zero-order valence-electron chi connectivity index (χ0n) is 11.7. The summed E-state index contributed by atoms with van der Waals surface area (Å²) in [7, 11) is 0. The molecule has 1 saturated carbocycles. The molecule has 1 aromatic carbocycles. The van der Waals surface area contributed by atoms with E-state index in [4.69, 9.17) is 9.73 Å². The lowest BCUT2D eigenvalue weighted by molar-refractivity contribution is 0.242. The Labute approximate surface area is 115 Å². The lowest BCUT2D eigenvalue weighted by Gasteiger charge is -2.23. The summed E-state index contributed by atoms with van der Waals surface area (Å²) >= 11 is 0. The smallest absolute Gasteiger partial charge is 0.128 e. The number of rotatable bonds is 3. The Kier molecular flexibility index (Phi) is 3.45. The molecule has 0 radical (unpaired) electrons. The summed E-state index contributed by atoms with van der Waals surface area (Å²) in [5, 5.41) is 3.58. The first-order valence-corrected chi connectivity index (χ1v) is 7.34. The van der Waals surface area contributed by atoms with Gasteiger partial charge in [0.25, 0.3) is 0 Å². The Morgan fingerprint density at radius 3 is 2.58 bits per heavy atom. The van der Waals surface area contributed by atoms with Crippen molar-refractivity contribution in [2.75, 3.05) is 0 Å². The van der Waals surface area contributed by atoms with Gasteiger partial charge in [-0.15, -0.1) is 0 Å². The number of hydrogen-bond acceptors (Lipinski definition) is 3. The molecule has 0 saturated heterocycles. The fraction of sp³-hybridized carbons (Fsp3) is 0.562. The van der Waals surface area contributed by atoms with Crippen LogP contribution in [0.3, 0.4) is 0 Å². The molecule has 0 aromatic heterocycles. The van der Waals surface area contributed by atoms with Crippen molar-refractivity contribution in [2.45, 2.75) is 57.7 Å². The van der Waals surface area contributed by atoms with E-state index in [9.17, 15) is 0 Å². The molecule has 0 spiro atoms. The molecule has 0 amide bonds. The van der Waals surface area contributed by atoms with Crippen LogP contribution >= 0.6 is 0 Å². The molecule has 1 aliphatic carbocycles. The fourth-order valence-corrected chi connectivity index (χ4v) is 2.93. The van der Waals surface area contributed by atoms with Crippen molar-refractivity contribution in [3.63, 3.8) is 0 Å². The number of nitrogens with zero attached hydrogens (tertiary/aromatic N) is 1. The van der Waals surface area contributed by atoms with Crippen LogP contribution in [0.4, 0.5) is 0 Å². The van der Waals surface area contributed by atoms with Crippen LogP contribution in [0.1, 0.15) is 45.1 Å². The van der Waals surface area contributed by atoms with Crippen LogP contribution in [0, 0.1) is 0 Å². The van der Waals surface area contributed by atoms with E-state index in [1.165, 1.54) is 31.2 Å². The van der Waals surface area contributed by atoms with Crippen LogP contribution in [0.15, 0.2) is 29.3 Å². The summed E-state index contributed by atoms with van der Waals surface area (Å²) in [5.41, 5.74) is 1.17. The molecule has 3 rings (SSSR count). The minimum absolute atomic E-state index is 0.218. The predicted molar refractivity (Wildman–Crippen MR) is 77.9 cm³/mol. The Balaban J connectivity index is 1.72. The molecule has 1 aromatic rings. The van der Waals surface area contributed by atoms with Gasteiger partial charge in [0.1, 0.15) is 11.6 Å². The van der Waals surface area contributed by atoms with Crippen molar-refractivity contribution < 1.29 is 4.74 Å². The summed E-state index contributed by atoms with van der Waals surface area (Å²) in [6.07, 6.45) is 5.36. The molecule has 1 heterocycles. The van der Waals surface area contributed by atoms with Gasteiger partial charge < -0.3 is 10.1 Å². The van der Waals surface area contributed by atoms with Gasteiger partial charge in [0.15, 0.2) is 0 Å². The molecule has 2 atom stereocenters. The third kappa shape index (κ3) is 2.75. The molecule has 3 nitrogen and oxygen atoms in total. The lowest BCUT2D eigenvalue weighted by Crippen LogP contribution is -2.36. The van der Waals surface area contributed by atoms with Gasteiger partial charge in [-0.25, -0.2) is 0 Å². The number of nitrogens with one attached hydrogen (secondary N) is 1. The minimum Gasteiger partial charge on any atom is -0.491 e. The Hall–Kier alpha value is -1.51. The fourth-order valence-electron chi connectivity index (χ4n) is 2.93. The van der Waals surface area contributed by atoms with Gasteiger partial charge in [0, 0.05) is 11.6 Å². The van der Waals surface area contributed by atoms with Gasteiger partial charge in [0.05, 0.1) is 12.1 Å². The molecule has 1 aliphatic heterocycles. The molecular formula is C16H22N2O. The standard InChI is InChI=1S/C16H22N2O/c1-11(2)19-13-9-7-12(8-10-13)16-17-14-5-3-4-6-15(14)18-16/h7-11,14-15H,3-6H2,1-2H3,(H,17,18)/t14-,15-/m1/s1. The summed E-state index contributed by atoms with van der Waals surface area (Å²) in [5.74, 6) is 1.99. The monoisotopic (exact) mass is 258 g/mol. The van der Waals surface area contributed by atoms with Crippen LogP contribution in [-0.2, 0) is 0 Å². The van der Waals surface area contributed by atoms with Crippen molar-refractivity contribution in [1.29, 1.82) is 0 Å². The van der Waals surface area contributed by atoms with E-state index in [0.29, 0.717) is 12.1 Å². The minimum atomic E-state index is 0.218. The number of hydrogen-bond donors (Lipinski definition) is 1. The highest BCUT2D eigenvalue weighted by Gasteiger charge is 2.30. The molecule has 3 heteroatoms. The highest BCUT2D eigenvalue weighted by Crippen LogP contribution is 2.26. The van der Waals surface area contributed by atoms with Crippen LogP contribution in [0.2, 0.25) is 0 Å². The third-order valence-electron chi connectivity index (χ3n) is 3.85. The van der Waals surface area contributed by atoms with Crippen molar-refractivity contribution in [2.24, 2.45) is 4.99 Å². The number of benzene rings is 1. The summed E-state index contributed by atoms with van der Waals surface area (Å²) in [4.78, 5) is 4.84. The molecular weight excluding hydrogens is 236 g/mol. The Morgan fingerprint density at radius 1 is 1.16 bits per heavy atom. The normalized spacial score (nSPS) is 25.7. The number of aliphatic imine (C=N–C) groups is 1. The predicted octanol–water partition coefficient (Wildman–Crippen LogP) is 3.13. The maximum absolute atomic E-state index is 5.67. The van der Waals surface area contributed by atoms with Crippen LogP contribution < -0.4 is 10.1 Å². The topological polar surface area (TPSA) is 33.6 Å². The average Bonchev–Trinajstić information content (AvgIpc) is 2.82. The maximum atomic E-state index is 5.67. The van der Waals surface area contributed by atoms with E-state index in [0.717, 1.165) is 11.6 Å². The first kappa shape index (κ1) is 12.5. The number of amidine groups is 1. The van der Waals surface area contributed by atoms with E-state index in [1.54, 1.807) is 0 Å². The highest BCUT2D eigenvalue weighted by molar-refractivity contribution is 6.00. The first-order valence-electron chi connectivity index (χ1n) is 7.34. The molecule has 0 bridgehead atoms. The van der Waals surface area contributed by atoms with Gasteiger partial charge in [-0.3, -0.25) is 4.99 Å². The number of fused-ring (bicyclic) bond motifs is 1. The molecule has 2 aliphatic rings. The summed E-state index contributed by atoms with van der Waals surface area (Å²) in [6.45, 7) is 4.09. The van der Waals surface area contributed by atoms with Crippen molar-refractivity contribution in [1.82, 2.24) is 5.32 Å². The van der Waals surface area contributed by atoms with Gasteiger partial charge in [-0.2, -0.15) is 0 Å². The quantitative estimate of drug-likeness (QED) is 0.903. The molecule has 1 N–H and O–H groups in total. The zero-order valence-corrected chi connectivity index (χ0v) is 11.7. The zero-order chi connectivity index (χ0) is 13.2. The second-order valence-electron chi connectivity index (χ2n) is 5.77. The number of ether oxygens (including phenoxy) is 1. The second-order valence-corrected chi connectivity index (χ2v) is 5.77. The van der Waals surface area contributed by atoms with Gasteiger partial charge in [-0.1, -0.05) is 12.8 Å². The van der Waals surface area contributed by atoms with Gasteiger partial charge in [-0.05, 0) is 51.0 Å². The average molecular weight is 258 g/mol. The summed E-state index contributed by atoms with van der Waals surface area (Å²) < 4.78 is 5.67. The van der Waals surface area contributed by atoms with Gasteiger partial charge in [0.2, 0.25) is 0 Å². The van der Waals surface area contributed by atoms with E-state index in [-0.39, 0.29) is 6.10 Å². The molecule has 102 valence electrons. The van der Waals surface area contributed by atoms with Crippen LogP contribution in [-0.4, -0.2) is 24.0 Å². The van der Waals surface area contributed by atoms with Gasteiger partial charge >= 0.3 is 0 Å². The van der Waals surface area contributed by atoms with Crippen molar-refractivity contribution >= 4 is 5.84 Å². The SMILES string of the molecule is CC(C)Oc1ccc(C2=N[C@@H]3CCCC[C@H]3N2)cc1. The highest BCUT2D eigenvalue weighted by atomic mass is 16.5. The van der Waals surface area contributed by atoms with Crippen LogP contribution in [0.5, 0.6) is 5.75 Å². The summed E-state index contributed by atoms with van der Waals surface area (Å²) in [6, 6.07) is 9.32. The first-order chi connectivity index (χ1) is 9.22. The maximum Gasteiger partial charge on any atom is 0.128 e. The van der Waals surface area contributed by atoms with E-state index in [2.05, 4.69) is 17.4 Å². The van der Waals surface area contributed by atoms with E-state index < -0.39 is 0 Å². The second kappa shape index (κ2) is 5.24. The van der Waals surface area contributed by atoms with Crippen molar-refractivity contribution in [3.05, 3.63) is 29.8 Å².